The maximum Gasteiger partial charge on any atom is 0.419 e. The molecule has 0 saturated carbocycles. The predicted molar refractivity (Wildman–Crippen MR) is 135 cm³/mol. The Morgan fingerprint density at radius 2 is 1.77 bits per heavy atom. The summed E-state index contributed by atoms with van der Waals surface area (Å²) < 4.78 is 55.2. The van der Waals surface area contributed by atoms with Gasteiger partial charge in [0.2, 0.25) is 0 Å². The zero-order valence-corrected chi connectivity index (χ0v) is 22.6. The first kappa shape index (κ1) is 28.5. The van der Waals surface area contributed by atoms with Gasteiger partial charge in [-0.15, -0.1) is 0 Å². The molecule has 2 amide bonds. The third-order valence-corrected chi connectivity index (χ3v) is 6.82. The minimum absolute atomic E-state index is 0.0721. The number of nitrogens with zero attached hydrogens (tertiary/aromatic N) is 5. The fourth-order valence-electron chi connectivity index (χ4n) is 4.80. The molecule has 1 fully saturated rings. The summed E-state index contributed by atoms with van der Waals surface area (Å²) in [6.07, 6.45) is -3.44. The van der Waals surface area contributed by atoms with Crippen LogP contribution in [-0.4, -0.2) is 72.1 Å². The van der Waals surface area contributed by atoms with Crippen molar-refractivity contribution in [2.45, 2.75) is 64.8 Å². The summed E-state index contributed by atoms with van der Waals surface area (Å²) in [7, 11) is 0. The molecule has 3 aromatic rings. The van der Waals surface area contributed by atoms with E-state index >= 15 is 0 Å². The van der Waals surface area contributed by atoms with Gasteiger partial charge in [-0.25, -0.2) is 13.9 Å². The second-order valence-electron chi connectivity index (χ2n) is 11.3. The zero-order valence-electron chi connectivity index (χ0n) is 22.6. The van der Waals surface area contributed by atoms with E-state index in [9.17, 15) is 32.3 Å². The molecule has 0 aliphatic carbocycles. The molecule has 1 N–H and O–H groups in total. The summed E-state index contributed by atoms with van der Waals surface area (Å²) in [6.45, 7) is 10.9. The number of imidazole rings is 1. The first-order chi connectivity index (χ1) is 17.9. The van der Waals surface area contributed by atoms with Crippen LogP contribution >= 0.6 is 0 Å². The van der Waals surface area contributed by atoms with Gasteiger partial charge in [0.15, 0.2) is 5.65 Å². The lowest BCUT2D eigenvalue weighted by atomic mass is 9.96. The fourth-order valence-corrected chi connectivity index (χ4v) is 4.80. The second-order valence-corrected chi connectivity index (χ2v) is 11.3. The van der Waals surface area contributed by atoms with Crippen LogP contribution in [0.15, 0.2) is 30.5 Å². The van der Waals surface area contributed by atoms with E-state index in [1.165, 1.54) is 35.5 Å². The standard InChI is InChI=1S/C27H31F4N5O3/c1-15(2)17-12-20(16-7-8-19(28)18(11-16)27(29,30)31)33-36-13-21(32-22(17)36)23(37)35-10-9-34(14-25(35,3)4)24(38)26(5,6)39/h7-8,11-13,15,39H,9-10,14H2,1-6H3. The van der Waals surface area contributed by atoms with Crippen molar-refractivity contribution < 1.29 is 32.3 Å². The van der Waals surface area contributed by atoms with Crippen molar-refractivity contribution in [3.05, 3.63) is 53.1 Å². The molecule has 39 heavy (non-hydrogen) atoms. The predicted octanol–water partition coefficient (Wildman–Crippen LogP) is 4.51. The van der Waals surface area contributed by atoms with Crippen molar-refractivity contribution >= 4 is 17.5 Å². The van der Waals surface area contributed by atoms with Gasteiger partial charge in [-0.05, 0) is 57.9 Å². The lowest BCUT2D eigenvalue weighted by Crippen LogP contribution is -2.64. The smallest absolute Gasteiger partial charge is 0.381 e. The molecule has 1 aliphatic rings. The minimum Gasteiger partial charge on any atom is -0.381 e. The molecule has 0 spiro atoms. The molecule has 1 aliphatic heterocycles. The number of halogens is 4. The number of benzene rings is 1. The molecule has 12 heteroatoms. The first-order valence-corrected chi connectivity index (χ1v) is 12.5. The van der Waals surface area contributed by atoms with Crippen LogP contribution < -0.4 is 0 Å². The van der Waals surface area contributed by atoms with Crippen molar-refractivity contribution in [2.24, 2.45) is 0 Å². The van der Waals surface area contributed by atoms with E-state index in [1.807, 2.05) is 27.7 Å². The lowest BCUT2D eigenvalue weighted by Gasteiger charge is -2.47. The molecule has 1 saturated heterocycles. The van der Waals surface area contributed by atoms with E-state index < -0.39 is 40.5 Å². The average Bonchev–Trinajstić information content (AvgIpc) is 3.25. The van der Waals surface area contributed by atoms with E-state index in [-0.39, 0.29) is 42.5 Å². The van der Waals surface area contributed by atoms with Gasteiger partial charge in [0.1, 0.15) is 17.1 Å². The Morgan fingerprint density at radius 1 is 1.10 bits per heavy atom. The van der Waals surface area contributed by atoms with Crippen LogP contribution in [0.25, 0.3) is 16.9 Å². The molecule has 2 aromatic heterocycles. The van der Waals surface area contributed by atoms with Gasteiger partial charge in [-0.2, -0.15) is 18.3 Å². The molecule has 3 heterocycles. The van der Waals surface area contributed by atoms with Gasteiger partial charge in [0.25, 0.3) is 11.8 Å². The number of carbonyl (C=O) groups is 2. The zero-order chi connectivity index (χ0) is 29.1. The normalized spacial score (nSPS) is 16.3. The second kappa shape index (κ2) is 9.58. The molecule has 8 nitrogen and oxygen atoms in total. The van der Waals surface area contributed by atoms with E-state index in [0.717, 1.165) is 6.07 Å². The monoisotopic (exact) mass is 549 g/mol. The van der Waals surface area contributed by atoms with Crippen molar-refractivity contribution in [3.63, 3.8) is 0 Å². The molecule has 1 aromatic carbocycles. The highest BCUT2D eigenvalue weighted by Crippen LogP contribution is 2.35. The van der Waals surface area contributed by atoms with Gasteiger partial charge >= 0.3 is 6.18 Å². The Balaban J connectivity index is 1.71. The highest BCUT2D eigenvalue weighted by Gasteiger charge is 2.42. The lowest BCUT2D eigenvalue weighted by molar-refractivity contribution is -0.152. The van der Waals surface area contributed by atoms with Crippen LogP contribution in [0, 0.1) is 5.82 Å². The summed E-state index contributed by atoms with van der Waals surface area (Å²) in [6, 6.07) is 4.29. The number of hydrogen-bond acceptors (Lipinski definition) is 5. The number of alkyl halides is 3. The Hall–Kier alpha value is -3.54. The van der Waals surface area contributed by atoms with Gasteiger partial charge < -0.3 is 14.9 Å². The topological polar surface area (TPSA) is 91.0 Å². The van der Waals surface area contributed by atoms with Crippen LogP contribution in [0.5, 0.6) is 0 Å². The number of amides is 2. The molecule has 0 atom stereocenters. The Labute approximate surface area is 223 Å². The van der Waals surface area contributed by atoms with E-state index in [0.29, 0.717) is 17.3 Å². The van der Waals surface area contributed by atoms with E-state index in [4.69, 9.17) is 0 Å². The molecular weight excluding hydrogens is 518 g/mol. The molecule has 0 unspecified atom stereocenters. The third-order valence-electron chi connectivity index (χ3n) is 6.82. The highest BCUT2D eigenvalue weighted by molar-refractivity contribution is 5.94. The molecule has 210 valence electrons. The third kappa shape index (κ3) is 5.47. The van der Waals surface area contributed by atoms with Crippen LogP contribution in [0.2, 0.25) is 0 Å². The van der Waals surface area contributed by atoms with Crippen LogP contribution in [0.3, 0.4) is 0 Å². The molecule has 4 rings (SSSR count). The van der Waals surface area contributed by atoms with Crippen molar-refractivity contribution in [2.75, 3.05) is 19.6 Å². The summed E-state index contributed by atoms with van der Waals surface area (Å²) in [5, 5.41) is 14.5. The quantitative estimate of drug-likeness (QED) is 0.484. The molecule has 0 radical (unpaired) electrons. The number of rotatable bonds is 4. The van der Waals surface area contributed by atoms with E-state index in [1.54, 1.807) is 11.0 Å². The number of piperazine rings is 1. The first-order valence-electron chi connectivity index (χ1n) is 12.5. The number of fused-ring (bicyclic) bond motifs is 1. The Morgan fingerprint density at radius 3 is 2.33 bits per heavy atom. The fraction of sp³-hybridized carbons (Fsp3) is 0.481. The summed E-state index contributed by atoms with van der Waals surface area (Å²) in [5.41, 5.74) is -2.33. The average molecular weight is 550 g/mol. The number of hydrogen-bond donors (Lipinski definition) is 1. The Kier molecular flexibility index (Phi) is 6.99. The van der Waals surface area contributed by atoms with Crippen molar-refractivity contribution in [1.82, 2.24) is 24.4 Å². The largest absolute Gasteiger partial charge is 0.419 e. The maximum absolute atomic E-state index is 13.9. The molecule has 0 bridgehead atoms. The SMILES string of the molecule is CC(C)c1cc(-c2ccc(F)c(C(F)(F)F)c2)nn2cc(C(=O)N3CCN(C(=O)C(C)(C)O)CC3(C)C)nc12. The van der Waals surface area contributed by atoms with Crippen molar-refractivity contribution in [1.29, 1.82) is 0 Å². The highest BCUT2D eigenvalue weighted by atomic mass is 19.4. The summed E-state index contributed by atoms with van der Waals surface area (Å²) >= 11 is 0. The van der Waals surface area contributed by atoms with Crippen molar-refractivity contribution in [3.8, 4) is 11.3 Å². The van der Waals surface area contributed by atoms with Crippen LogP contribution in [0.4, 0.5) is 17.6 Å². The van der Waals surface area contributed by atoms with Crippen LogP contribution in [0.1, 0.15) is 69.1 Å². The number of carbonyl (C=O) groups excluding carboxylic acids is 2. The maximum atomic E-state index is 13.9. The van der Waals surface area contributed by atoms with Gasteiger partial charge in [0.05, 0.1) is 23.0 Å². The molecular formula is C27H31F4N5O3. The van der Waals surface area contributed by atoms with Gasteiger partial charge in [-0.1, -0.05) is 13.8 Å². The van der Waals surface area contributed by atoms with Gasteiger partial charge in [0, 0.05) is 30.8 Å². The van der Waals surface area contributed by atoms with E-state index in [2.05, 4.69) is 10.1 Å². The van der Waals surface area contributed by atoms with Gasteiger partial charge in [-0.3, -0.25) is 9.59 Å². The number of aliphatic hydroxyl groups is 1. The number of aromatic nitrogens is 3. The Bertz CT molecular complexity index is 1440. The summed E-state index contributed by atoms with van der Waals surface area (Å²) in [4.78, 5) is 33.8. The summed E-state index contributed by atoms with van der Waals surface area (Å²) in [5.74, 6) is -2.31. The van der Waals surface area contributed by atoms with Crippen LogP contribution in [-0.2, 0) is 11.0 Å². The minimum atomic E-state index is -4.87.